The summed E-state index contributed by atoms with van der Waals surface area (Å²) in [4.78, 5) is 27.7. The number of anilines is 1. The van der Waals surface area contributed by atoms with E-state index in [2.05, 4.69) is 0 Å². The summed E-state index contributed by atoms with van der Waals surface area (Å²) in [5.74, 6) is -0.879. The predicted octanol–water partition coefficient (Wildman–Crippen LogP) is 4.94. The zero-order chi connectivity index (χ0) is 22.1. The predicted molar refractivity (Wildman–Crippen MR) is 120 cm³/mol. The lowest BCUT2D eigenvalue weighted by molar-refractivity contribution is -0.132. The Bertz CT molecular complexity index is 1180. The van der Waals surface area contributed by atoms with E-state index in [4.69, 9.17) is 4.74 Å². The number of ketones is 1. The van der Waals surface area contributed by atoms with E-state index >= 15 is 0 Å². The van der Waals surface area contributed by atoms with Crippen molar-refractivity contribution in [3.8, 4) is 5.75 Å². The number of Topliss-reactive ketones (excluding diaryl/α,β-unsaturated/α-hetero) is 1. The molecule has 5 nitrogen and oxygen atoms in total. The summed E-state index contributed by atoms with van der Waals surface area (Å²) in [6, 6.07) is 21.1. The van der Waals surface area contributed by atoms with Crippen molar-refractivity contribution in [1.82, 2.24) is 0 Å². The normalized spacial score (nSPS) is 17.8. The molecule has 31 heavy (non-hydrogen) atoms. The number of aliphatic hydroxyl groups is 1. The number of para-hydroxylation sites is 1. The van der Waals surface area contributed by atoms with Crippen molar-refractivity contribution in [2.24, 2.45) is 0 Å². The van der Waals surface area contributed by atoms with E-state index in [0.29, 0.717) is 22.6 Å². The van der Waals surface area contributed by atoms with Gasteiger partial charge in [0.2, 0.25) is 0 Å². The third-order valence-corrected chi connectivity index (χ3v) is 5.56. The van der Waals surface area contributed by atoms with Crippen LogP contribution in [-0.4, -0.2) is 23.9 Å². The van der Waals surface area contributed by atoms with E-state index in [9.17, 15) is 14.7 Å². The molecule has 3 aromatic rings. The largest absolute Gasteiger partial charge is 0.507 e. The van der Waals surface area contributed by atoms with Crippen LogP contribution in [0.5, 0.6) is 5.75 Å². The number of aliphatic hydroxyl groups excluding tert-OH is 1. The monoisotopic (exact) mass is 413 g/mol. The average molecular weight is 413 g/mol. The minimum Gasteiger partial charge on any atom is -0.507 e. The summed E-state index contributed by atoms with van der Waals surface area (Å²) in [7, 11) is 1.57. The van der Waals surface area contributed by atoms with Gasteiger partial charge in [-0.1, -0.05) is 48.0 Å². The van der Waals surface area contributed by atoms with Gasteiger partial charge in [0.1, 0.15) is 11.5 Å². The summed E-state index contributed by atoms with van der Waals surface area (Å²) >= 11 is 0. The van der Waals surface area contributed by atoms with Crippen molar-refractivity contribution in [2.75, 3.05) is 12.0 Å². The Labute approximate surface area is 181 Å². The van der Waals surface area contributed by atoms with Crippen molar-refractivity contribution in [1.29, 1.82) is 0 Å². The lowest BCUT2D eigenvalue weighted by Crippen LogP contribution is -2.29. The van der Waals surface area contributed by atoms with Crippen molar-refractivity contribution < 1.29 is 19.4 Å². The maximum absolute atomic E-state index is 13.2. The van der Waals surface area contributed by atoms with Crippen LogP contribution in [0.25, 0.3) is 5.76 Å². The molecule has 0 saturated carbocycles. The molecule has 1 fully saturated rings. The third kappa shape index (κ3) is 3.59. The zero-order valence-electron chi connectivity index (χ0n) is 17.6. The SMILES string of the molecule is COc1ccc(C2/C(=C(\O)c3cc(C)ccc3C)C(=O)C(=O)N2c2ccccc2)cc1. The van der Waals surface area contributed by atoms with E-state index < -0.39 is 17.7 Å². The molecule has 5 heteroatoms. The number of ether oxygens (including phenoxy) is 1. The quantitative estimate of drug-likeness (QED) is 0.374. The standard InChI is InChI=1S/C26H23NO4/c1-16-9-10-17(2)21(15-16)24(28)22-23(18-11-13-20(31-3)14-12-18)27(26(30)25(22)29)19-7-5-4-6-8-19/h4-15,23,28H,1-3H3/b24-22+. The first-order valence-corrected chi connectivity index (χ1v) is 10.00. The van der Waals surface area contributed by atoms with Crippen molar-refractivity contribution >= 4 is 23.1 Å². The second-order valence-corrected chi connectivity index (χ2v) is 7.60. The number of hydrogen-bond donors (Lipinski definition) is 1. The van der Waals surface area contributed by atoms with Crippen LogP contribution in [0.4, 0.5) is 5.69 Å². The summed E-state index contributed by atoms with van der Waals surface area (Å²) < 4.78 is 5.25. The van der Waals surface area contributed by atoms with Crippen molar-refractivity contribution in [3.05, 3.63) is 101 Å². The number of benzene rings is 3. The molecule has 1 aliphatic heterocycles. The molecule has 3 aromatic carbocycles. The van der Waals surface area contributed by atoms with Gasteiger partial charge in [0.15, 0.2) is 0 Å². The van der Waals surface area contributed by atoms with Gasteiger partial charge in [0.25, 0.3) is 11.7 Å². The van der Waals surface area contributed by atoms with E-state index in [1.165, 1.54) is 4.90 Å². The summed E-state index contributed by atoms with van der Waals surface area (Å²) in [6.07, 6.45) is 0. The maximum atomic E-state index is 13.2. The van der Waals surface area contributed by atoms with E-state index in [0.717, 1.165) is 11.1 Å². The Morgan fingerprint density at radius 3 is 2.26 bits per heavy atom. The van der Waals surface area contributed by atoms with Gasteiger partial charge in [-0.15, -0.1) is 0 Å². The van der Waals surface area contributed by atoms with E-state index in [1.54, 1.807) is 31.4 Å². The van der Waals surface area contributed by atoms with Crippen molar-refractivity contribution in [3.63, 3.8) is 0 Å². The lowest BCUT2D eigenvalue weighted by Gasteiger charge is -2.25. The molecule has 1 heterocycles. The Hall–Kier alpha value is -3.86. The van der Waals surface area contributed by atoms with Gasteiger partial charge in [-0.25, -0.2) is 0 Å². The van der Waals surface area contributed by atoms with Crippen LogP contribution in [0.3, 0.4) is 0 Å². The van der Waals surface area contributed by atoms with Gasteiger partial charge < -0.3 is 9.84 Å². The fourth-order valence-electron chi connectivity index (χ4n) is 3.93. The molecule has 0 aliphatic carbocycles. The van der Waals surface area contributed by atoms with E-state index in [1.807, 2.05) is 62.4 Å². The zero-order valence-corrected chi connectivity index (χ0v) is 17.6. The second-order valence-electron chi connectivity index (χ2n) is 7.60. The highest BCUT2D eigenvalue weighted by Crippen LogP contribution is 2.42. The number of carbonyl (C=O) groups is 2. The van der Waals surface area contributed by atoms with Crippen LogP contribution < -0.4 is 9.64 Å². The molecule has 0 spiro atoms. The van der Waals surface area contributed by atoms with Crippen molar-refractivity contribution in [2.45, 2.75) is 19.9 Å². The van der Waals surface area contributed by atoms with Gasteiger partial charge in [0.05, 0.1) is 18.7 Å². The molecule has 1 amide bonds. The van der Waals surface area contributed by atoms with Crippen LogP contribution in [0, 0.1) is 13.8 Å². The van der Waals surface area contributed by atoms with Crippen LogP contribution >= 0.6 is 0 Å². The molecule has 0 aromatic heterocycles. The third-order valence-electron chi connectivity index (χ3n) is 5.56. The highest BCUT2D eigenvalue weighted by Gasteiger charge is 2.47. The smallest absolute Gasteiger partial charge is 0.300 e. The van der Waals surface area contributed by atoms with Crippen LogP contribution in [0.2, 0.25) is 0 Å². The Balaban J connectivity index is 1.96. The highest BCUT2D eigenvalue weighted by atomic mass is 16.5. The van der Waals surface area contributed by atoms with E-state index in [-0.39, 0.29) is 11.3 Å². The molecule has 1 unspecified atom stereocenters. The lowest BCUT2D eigenvalue weighted by atomic mass is 9.93. The molecule has 1 saturated heterocycles. The van der Waals surface area contributed by atoms with Gasteiger partial charge in [-0.05, 0) is 55.3 Å². The Morgan fingerprint density at radius 1 is 0.935 bits per heavy atom. The summed E-state index contributed by atoms with van der Waals surface area (Å²) in [5.41, 5.74) is 3.69. The first-order valence-electron chi connectivity index (χ1n) is 10.00. The maximum Gasteiger partial charge on any atom is 0.300 e. The fraction of sp³-hybridized carbons (Fsp3) is 0.154. The number of carbonyl (C=O) groups excluding carboxylic acids is 2. The molecule has 156 valence electrons. The number of rotatable bonds is 4. The van der Waals surface area contributed by atoms with Crippen LogP contribution in [-0.2, 0) is 9.59 Å². The first-order chi connectivity index (χ1) is 14.9. The number of amides is 1. The number of aryl methyl sites for hydroxylation is 2. The minimum absolute atomic E-state index is 0.0766. The Kier molecular flexibility index (Phi) is 5.34. The number of hydrogen-bond acceptors (Lipinski definition) is 4. The molecule has 1 aliphatic rings. The van der Waals surface area contributed by atoms with Gasteiger partial charge in [-0.3, -0.25) is 14.5 Å². The molecular weight excluding hydrogens is 390 g/mol. The van der Waals surface area contributed by atoms with Gasteiger partial charge in [-0.2, -0.15) is 0 Å². The average Bonchev–Trinajstić information content (AvgIpc) is 3.06. The van der Waals surface area contributed by atoms with Crippen LogP contribution in [0.15, 0.2) is 78.4 Å². The summed E-state index contributed by atoms with van der Waals surface area (Å²) in [5, 5.41) is 11.3. The molecule has 4 rings (SSSR count). The Morgan fingerprint density at radius 2 is 1.61 bits per heavy atom. The number of methoxy groups -OCH3 is 1. The second kappa shape index (κ2) is 8.11. The molecular formula is C26H23NO4. The van der Waals surface area contributed by atoms with Gasteiger partial charge >= 0.3 is 0 Å². The highest BCUT2D eigenvalue weighted by molar-refractivity contribution is 6.51. The van der Waals surface area contributed by atoms with Gasteiger partial charge in [0, 0.05) is 11.3 Å². The summed E-state index contributed by atoms with van der Waals surface area (Å²) in [6.45, 7) is 3.78. The molecule has 0 bridgehead atoms. The molecule has 1 N–H and O–H groups in total. The molecule has 0 radical (unpaired) electrons. The minimum atomic E-state index is -0.756. The number of nitrogens with zero attached hydrogens (tertiary/aromatic N) is 1. The first kappa shape index (κ1) is 20.4. The topological polar surface area (TPSA) is 66.8 Å². The fourth-order valence-corrected chi connectivity index (χ4v) is 3.93. The molecule has 1 atom stereocenters. The van der Waals surface area contributed by atoms with Crippen LogP contribution in [0.1, 0.15) is 28.3 Å².